The Morgan fingerprint density at radius 2 is 1.59 bits per heavy atom. The molecule has 0 N–H and O–H groups in total. The molecule has 0 aliphatic heterocycles. The molecule has 0 aliphatic rings. The van der Waals surface area contributed by atoms with Crippen molar-refractivity contribution in [2.24, 2.45) is 0 Å². The van der Waals surface area contributed by atoms with E-state index >= 15 is 0 Å². The van der Waals surface area contributed by atoms with Gasteiger partial charge >= 0.3 is 6.18 Å². The average Bonchev–Trinajstić information content (AvgIpc) is 2.67. The van der Waals surface area contributed by atoms with E-state index < -0.39 is 17.7 Å². The zero-order chi connectivity index (χ0) is 19.0. The third-order valence-electron chi connectivity index (χ3n) is 4.04. The number of hydrogen-bond donors (Lipinski definition) is 0. The number of nitrogens with zero attached hydrogens (tertiary/aromatic N) is 4. The summed E-state index contributed by atoms with van der Waals surface area (Å²) >= 11 is 0. The first-order valence-corrected chi connectivity index (χ1v) is 7.82. The molecule has 0 fully saturated rings. The minimum atomic E-state index is -4.55. The monoisotopic (exact) mass is 370 g/mol. The number of fused-ring (bicyclic) bond motifs is 1. The Morgan fingerprint density at radius 1 is 0.815 bits per heavy atom. The molecule has 4 rings (SSSR count). The smallest absolute Gasteiger partial charge is 0.244 e. The highest BCUT2D eigenvalue weighted by Crippen LogP contribution is 2.34. The largest absolute Gasteiger partial charge is 0.433 e. The van der Waals surface area contributed by atoms with E-state index in [1.54, 1.807) is 18.2 Å². The lowest BCUT2D eigenvalue weighted by molar-refractivity contribution is -0.141. The van der Waals surface area contributed by atoms with Crippen molar-refractivity contribution in [2.75, 3.05) is 0 Å². The second-order valence-corrected chi connectivity index (χ2v) is 5.75. The Hall–Kier alpha value is -3.42. The molecular formula is C19H10F4N4. The third-order valence-corrected chi connectivity index (χ3v) is 4.04. The van der Waals surface area contributed by atoms with Gasteiger partial charge in [0.05, 0.1) is 0 Å². The molecule has 3 aromatic heterocycles. The molecule has 0 radical (unpaired) electrons. The number of aromatic nitrogens is 4. The summed E-state index contributed by atoms with van der Waals surface area (Å²) in [6.45, 7) is 0. The van der Waals surface area contributed by atoms with Gasteiger partial charge in [-0.3, -0.25) is 0 Å². The van der Waals surface area contributed by atoms with Crippen molar-refractivity contribution in [3.63, 3.8) is 0 Å². The van der Waals surface area contributed by atoms with Crippen molar-refractivity contribution in [2.45, 2.75) is 6.18 Å². The summed E-state index contributed by atoms with van der Waals surface area (Å²) in [5.74, 6) is -0.454. The summed E-state index contributed by atoms with van der Waals surface area (Å²) in [4.78, 5) is 15.3. The van der Waals surface area contributed by atoms with Crippen LogP contribution >= 0.6 is 0 Å². The molecule has 27 heavy (non-hydrogen) atoms. The van der Waals surface area contributed by atoms with Crippen molar-refractivity contribution in [3.8, 4) is 22.3 Å². The molecule has 0 saturated carbocycles. The van der Waals surface area contributed by atoms with Crippen LogP contribution in [0.25, 0.3) is 33.3 Å². The van der Waals surface area contributed by atoms with Crippen LogP contribution in [-0.4, -0.2) is 19.9 Å². The van der Waals surface area contributed by atoms with Crippen molar-refractivity contribution >= 4 is 11.0 Å². The van der Waals surface area contributed by atoms with Gasteiger partial charge in [0.1, 0.15) is 17.8 Å². The van der Waals surface area contributed by atoms with Crippen molar-refractivity contribution in [1.29, 1.82) is 0 Å². The molecule has 4 aromatic rings. The van der Waals surface area contributed by atoms with Gasteiger partial charge in [-0.2, -0.15) is 13.2 Å². The van der Waals surface area contributed by atoms with E-state index in [9.17, 15) is 17.6 Å². The van der Waals surface area contributed by atoms with E-state index in [0.717, 1.165) is 6.07 Å². The fraction of sp³-hybridized carbons (Fsp3) is 0.0526. The fourth-order valence-corrected chi connectivity index (χ4v) is 2.79. The topological polar surface area (TPSA) is 51.6 Å². The molecule has 134 valence electrons. The first kappa shape index (κ1) is 17.0. The second-order valence-electron chi connectivity index (χ2n) is 5.75. The van der Waals surface area contributed by atoms with Crippen LogP contribution in [0.5, 0.6) is 0 Å². The number of rotatable bonds is 2. The fourth-order valence-electron chi connectivity index (χ4n) is 2.79. The molecular weight excluding hydrogens is 360 g/mol. The lowest BCUT2D eigenvalue weighted by atomic mass is 9.98. The average molecular weight is 370 g/mol. The van der Waals surface area contributed by atoms with E-state index in [1.807, 2.05) is 0 Å². The van der Waals surface area contributed by atoms with Crippen molar-refractivity contribution in [1.82, 2.24) is 19.9 Å². The Kier molecular flexibility index (Phi) is 4.02. The van der Waals surface area contributed by atoms with Crippen LogP contribution in [0.15, 0.2) is 61.3 Å². The van der Waals surface area contributed by atoms with E-state index in [-0.39, 0.29) is 11.2 Å². The zero-order valence-corrected chi connectivity index (χ0v) is 13.6. The molecule has 3 heterocycles. The number of halogens is 4. The Labute approximate surface area is 150 Å². The Morgan fingerprint density at radius 3 is 2.33 bits per heavy atom. The van der Waals surface area contributed by atoms with Gasteiger partial charge in [-0.25, -0.2) is 24.3 Å². The van der Waals surface area contributed by atoms with E-state index in [2.05, 4.69) is 19.9 Å². The molecule has 0 spiro atoms. The summed E-state index contributed by atoms with van der Waals surface area (Å²) in [6, 6.07) is 8.32. The minimum Gasteiger partial charge on any atom is -0.244 e. The minimum absolute atomic E-state index is 0.0313. The summed E-state index contributed by atoms with van der Waals surface area (Å²) < 4.78 is 52.9. The molecule has 0 bridgehead atoms. The van der Waals surface area contributed by atoms with Crippen LogP contribution in [-0.2, 0) is 6.18 Å². The van der Waals surface area contributed by atoms with Crippen LogP contribution < -0.4 is 0 Å². The summed E-state index contributed by atoms with van der Waals surface area (Å²) in [5.41, 5.74) is 0.950. The van der Waals surface area contributed by atoms with E-state index in [0.29, 0.717) is 22.1 Å². The lowest BCUT2D eigenvalue weighted by Gasteiger charge is -2.11. The van der Waals surface area contributed by atoms with Crippen LogP contribution in [0.2, 0.25) is 0 Å². The van der Waals surface area contributed by atoms with Gasteiger partial charge in [-0.15, -0.1) is 0 Å². The number of benzene rings is 1. The Bertz CT molecular complexity index is 1130. The maximum atomic E-state index is 14.3. The molecule has 0 amide bonds. The van der Waals surface area contributed by atoms with Gasteiger partial charge in [0.2, 0.25) is 0 Å². The second kappa shape index (κ2) is 6.39. The van der Waals surface area contributed by atoms with Gasteiger partial charge < -0.3 is 0 Å². The van der Waals surface area contributed by atoms with Crippen LogP contribution in [0.4, 0.5) is 17.6 Å². The van der Waals surface area contributed by atoms with E-state index in [4.69, 9.17) is 0 Å². The van der Waals surface area contributed by atoms with Gasteiger partial charge in [0.15, 0.2) is 5.65 Å². The summed E-state index contributed by atoms with van der Waals surface area (Å²) in [5, 5.41) is 0.437. The SMILES string of the molecule is Fc1ccc(-c2ccnc3nc(C(F)(F)F)ccc23)cc1-c1cncnc1. The van der Waals surface area contributed by atoms with Crippen LogP contribution in [0.3, 0.4) is 0 Å². The highest BCUT2D eigenvalue weighted by atomic mass is 19.4. The first-order valence-electron chi connectivity index (χ1n) is 7.82. The predicted octanol–water partition coefficient (Wildman–Crippen LogP) is 4.91. The molecule has 1 aromatic carbocycles. The molecule has 0 unspecified atom stereocenters. The van der Waals surface area contributed by atoms with Gasteiger partial charge in [-0.1, -0.05) is 6.07 Å². The summed E-state index contributed by atoms with van der Waals surface area (Å²) in [7, 11) is 0. The number of hydrogen-bond acceptors (Lipinski definition) is 4. The van der Waals surface area contributed by atoms with Crippen LogP contribution in [0, 0.1) is 5.82 Å². The van der Waals surface area contributed by atoms with E-state index in [1.165, 1.54) is 37.1 Å². The standard InChI is InChI=1S/C19H10F4N4/c20-16-3-1-11(7-15(16)12-8-24-10-25-9-12)13-5-6-26-18-14(13)2-4-17(27-18)19(21,22)23/h1-10H. The highest BCUT2D eigenvalue weighted by molar-refractivity contribution is 5.93. The highest BCUT2D eigenvalue weighted by Gasteiger charge is 2.32. The quantitative estimate of drug-likeness (QED) is 0.471. The Balaban J connectivity index is 1.88. The molecule has 0 atom stereocenters. The van der Waals surface area contributed by atoms with Crippen molar-refractivity contribution in [3.05, 3.63) is 72.8 Å². The molecule has 8 heteroatoms. The van der Waals surface area contributed by atoms with Gasteiger partial charge in [0, 0.05) is 35.1 Å². The molecule has 0 aliphatic carbocycles. The predicted molar refractivity (Wildman–Crippen MR) is 91.0 cm³/mol. The molecule has 4 nitrogen and oxygen atoms in total. The van der Waals surface area contributed by atoms with Gasteiger partial charge in [-0.05, 0) is 41.5 Å². The first-order chi connectivity index (χ1) is 12.9. The zero-order valence-electron chi connectivity index (χ0n) is 13.6. The maximum Gasteiger partial charge on any atom is 0.433 e. The number of alkyl halides is 3. The molecule has 0 saturated heterocycles. The third kappa shape index (κ3) is 3.21. The maximum absolute atomic E-state index is 14.3. The van der Waals surface area contributed by atoms with Crippen molar-refractivity contribution < 1.29 is 17.6 Å². The normalized spacial score (nSPS) is 11.7. The van der Waals surface area contributed by atoms with Gasteiger partial charge in [0.25, 0.3) is 0 Å². The lowest BCUT2D eigenvalue weighted by Crippen LogP contribution is -2.08. The number of pyridine rings is 2. The van der Waals surface area contributed by atoms with Crippen LogP contribution in [0.1, 0.15) is 5.69 Å². The summed E-state index contributed by atoms with van der Waals surface area (Å²) in [6.07, 6.45) is 1.13.